The maximum atomic E-state index is 11.4. The lowest BCUT2D eigenvalue weighted by Gasteiger charge is -2.17. The fraction of sp³-hybridized carbons (Fsp3) is 0.818. The molecule has 0 aromatic rings. The van der Waals surface area contributed by atoms with E-state index in [-0.39, 0.29) is 24.5 Å². The summed E-state index contributed by atoms with van der Waals surface area (Å²) in [6.07, 6.45) is 2.09. The van der Waals surface area contributed by atoms with Gasteiger partial charge in [-0.2, -0.15) is 0 Å². The third-order valence-corrected chi connectivity index (χ3v) is 2.71. The van der Waals surface area contributed by atoms with Crippen LogP contribution in [-0.4, -0.2) is 30.6 Å². The summed E-state index contributed by atoms with van der Waals surface area (Å²) in [5.41, 5.74) is 0. The van der Waals surface area contributed by atoms with Crippen LogP contribution in [0.4, 0.5) is 4.79 Å². The molecule has 1 aliphatic rings. The van der Waals surface area contributed by atoms with E-state index in [4.69, 9.17) is 0 Å². The normalized spacial score (nSPS) is 16.8. The first-order valence-corrected chi connectivity index (χ1v) is 5.82. The average molecular weight is 227 g/mol. The van der Waals surface area contributed by atoms with Crippen molar-refractivity contribution in [3.8, 4) is 0 Å². The van der Waals surface area contributed by atoms with E-state index in [9.17, 15) is 9.59 Å². The molecule has 1 rings (SSSR count). The maximum absolute atomic E-state index is 11.4. The molecule has 5 nitrogen and oxygen atoms in total. The summed E-state index contributed by atoms with van der Waals surface area (Å²) < 4.78 is 0. The molecule has 5 heteroatoms. The predicted octanol–water partition coefficient (Wildman–Crippen LogP) is 0.609. The number of urea groups is 1. The Kier molecular flexibility index (Phi) is 4.58. The number of nitrogens with one attached hydrogen (secondary N) is 3. The highest BCUT2D eigenvalue weighted by molar-refractivity contribution is 5.84. The van der Waals surface area contributed by atoms with E-state index in [1.54, 1.807) is 0 Å². The van der Waals surface area contributed by atoms with E-state index in [0.717, 1.165) is 12.8 Å². The molecule has 1 aliphatic carbocycles. The Morgan fingerprint density at radius 2 is 1.88 bits per heavy atom. The predicted molar refractivity (Wildman–Crippen MR) is 62.0 cm³/mol. The second-order valence-corrected chi connectivity index (χ2v) is 4.70. The number of amides is 3. The van der Waals surface area contributed by atoms with Crippen LogP contribution in [0, 0.1) is 5.92 Å². The Balaban J connectivity index is 2.11. The summed E-state index contributed by atoms with van der Waals surface area (Å²) in [4.78, 5) is 22.6. The molecule has 1 atom stereocenters. The van der Waals surface area contributed by atoms with Crippen LogP contribution < -0.4 is 16.0 Å². The van der Waals surface area contributed by atoms with Crippen molar-refractivity contribution in [3.63, 3.8) is 0 Å². The number of carbonyl (C=O) groups excluding carboxylic acids is 2. The number of hydrogen-bond acceptors (Lipinski definition) is 2. The zero-order valence-electron chi connectivity index (χ0n) is 10.2. The summed E-state index contributed by atoms with van der Waals surface area (Å²) in [7, 11) is 0. The van der Waals surface area contributed by atoms with Crippen molar-refractivity contribution in [2.45, 2.75) is 45.7 Å². The second kappa shape index (κ2) is 5.72. The topological polar surface area (TPSA) is 70.2 Å². The first-order valence-electron chi connectivity index (χ1n) is 5.82. The van der Waals surface area contributed by atoms with E-state index < -0.39 is 0 Å². The molecule has 0 radical (unpaired) electrons. The van der Waals surface area contributed by atoms with Crippen molar-refractivity contribution >= 4 is 11.9 Å². The SMILES string of the molecule is CC(C)[C@@H](C)NC(=O)CNC(=O)NC1CC1. The zero-order chi connectivity index (χ0) is 12.1. The Morgan fingerprint density at radius 1 is 1.25 bits per heavy atom. The Hall–Kier alpha value is -1.26. The first kappa shape index (κ1) is 12.8. The lowest BCUT2D eigenvalue weighted by molar-refractivity contribution is -0.120. The first-order chi connectivity index (χ1) is 7.49. The van der Waals surface area contributed by atoms with E-state index in [2.05, 4.69) is 16.0 Å². The summed E-state index contributed by atoms with van der Waals surface area (Å²) in [6.45, 7) is 6.07. The highest BCUT2D eigenvalue weighted by Crippen LogP contribution is 2.18. The van der Waals surface area contributed by atoms with Gasteiger partial charge in [0.25, 0.3) is 0 Å². The van der Waals surface area contributed by atoms with Gasteiger partial charge in [0.1, 0.15) is 0 Å². The van der Waals surface area contributed by atoms with Crippen molar-refractivity contribution in [2.24, 2.45) is 5.92 Å². The molecule has 0 heterocycles. The molecule has 0 aromatic carbocycles. The molecule has 0 unspecified atom stereocenters. The van der Waals surface area contributed by atoms with E-state index in [0.29, 0.717) is 12.0 Å². The highest BCUT2D eigenvalue weighted by Gasteiger charge is 2.23. The van der Waals surface area contributed by atoms with Crippen molar-refractivity contribution in [1.82, 2.24) is 16.0 Å². The van der Waals surface area contributed by atoms with Gasteiger partial charge in [-0.05, 0) is 25.7 Å². The fourth-order valence-electron chi connectivity index (χ4n) is 1.10. The van der Waals surface area contributed by atoms with Gasteiger partial charge in [0.15, 0.2) is 0 Å². The fourth-order valence-corrected chi connectivity index (χ4v) is 1.10. The molecule has 3 N–H and O–H groups in total. The van der Waals surface area contributed by atoms with Crippen LogP contribution in [0.3, 0.4) is 0 Å². The summed E-state index contributed by atoms with van der Waals surface area (Å²) >= 11 is 0. The molecular weight excluding hydrogens is 206 g/mol. The van der Waals surface area contributed by atoms with Gasteiger partial charge in [0.2, 0.25) is 5.91 Å². The highest BCUT2D eigenvalue weighted by atomic mass is 16.2. The van der Waals surface area contributed by atoms with Gasteiger partial charge in [-0.1, -0.05) is 13.8 Å². The van der Waals surface area contributed by atoms with Crippen molar-refractivity contribution in [3.05, 3.63) is 0 Å². The molecule has 0 bridgehead atoms. The summed E-state index contributed by atoms with van der Waals surface area (Å²) in [5.74, 6) is 0.247. The number of hydrogen-bond donors (Lipinski definition) is 3. The Morgan fingerprint density at radius 3 is 2.38 bits per heavy atom. The number of carbonyl (C=O) groups is 2. The molecule has 0 saturated heterocycles. The van der Waals surface area contributed by atoms with Crippen molar-refractivity contribution in [1.29, 1.82) is 0 Å². The minimum Gasteiger partial charge on any atom is -0.352 e. The standard InChI is InChI=1S/C11H21N3O2/c1-7(2)8(3)13-10(15)6-12-11(16)14-9-4-5-9/h7-9H,4-6H2,1-3H3,(H,13,15)(H2,12,14,16)/t8-/m1/s1. The molecule has 92 valence electrons. The molecule has 16 heavy (non-hydrogen) atoms. The van der Waals surface area contributed by atoms with Crippen LogP contribution in [0.1, 0.15) is 33.6 Å². The maximum Gasteiger partial charge on any atom is 0.315 e. The van der Waals surface area contributed by atoms with Crippen LogP contribution >= 0.6 is 0 Å². The average Bonchev–Trinajstić information content (AvgIpc) is 2.98. The molecule has 0 aliphatic heterocycles. The summed E-state index contributed by atoms with van der Waals surface area (Å²) in [5, 5.41) is 8.11. The minimum absolute atomic E-state index is 0.0373. The van der Waals surface area contributed by atoms with Gasteiger partial charge in [-0.3, -0.25) is 4.79 Å². The molecule has 1 fully saturated rings. The van der Waals surface area contributed by atoms with Gasteiger partial charge in [-0.15, -0.1) is 0 Å². The Labute approximate surface area is 96.4 Å². The molecule has 3 amide bonds. The lowest BCUT2D eigenvalue weighted by atomic mass is 10.1. The van der Waals surface area contributed by atoms with E-state index >= 15 is 0 Å². The monoisotopic (exact) mass is 227 g/mol. The lowest BCUT2D eigenvalue weighted by Crippen LogP contribution is -2.45. The smallest absolute Gasteiger partial charge is 0.315 e. The third-order valence-electron chi connectivity index (χ3n) is 2.71. The largest absolute Gasteiger partial charge is 0.352 e. The zero-order valence-corrected chi connectivity index (χ0v) is 10.2. The van der Waals surface area contributed by atoms with Crippen LogP contribution in [-0.2, 0) is 4.79 Å². The van der Waals surface area contributed by atoms with Gasteiger partial charge < -0.3 is 16.0 Å². The summed E-state index contributed by atoms with van der Waals surface area (Å²) in [6, 6.07) is 0.188. The van der Waals surface area contributed by atoms with Crippen molar-refractivity contribution in [2.75, 3.05) is 6.54 Å². The van der Waals surface area contributed by atoms with Crippen molar-refractivity contribution < 1.29 is 9.59 Å². The van der Waals surface area contributed by atoms with Crippen LogP contribution in [0.5, 0.6) is 0 Å². The number of rotatable bonds is 5. The van der Waals surface area contributed by atoms with Crippen LogP contribution in [0.15, 0.2) is 0 Å². The van der Waals surface area contributed by atoms with Crippen LogP contribution in [0.2, 0.25) is 0 Å². The van der Waals surface area contributed by atoms with Gasteiger partial charge in [0, 0.05) is 12.1 Å². The van der Waals surface area contributed by atoms with Gasteiger partial charge >= 0.3 is 6.03 Å². The second-order valence-electron chi connectivity index (χ2n) is 4.70. The van der Waals surface area contributed by atoms with E-state index in [1.807, 2.05) is 20.8 Å². The molecule has 0 aromatic heterocycles. The Bertz CT molecular complexity index is 262. The van der Waals surface area contributed by atoms with E-state index in [1.165, 1.54) is 0 Å². The van der Waals surface area contributed by atoms with Gasteiger partial charge in [-0.25, -0.2) is 4.79 Å². The minimum atomic E-state index is -0.255. The van der Waals surface area contributed by atoms with Gasteiger partial charge in [0.05, 0.1) is 6.54 Å². The molecular formula is C11H21N3O2. The quantitative estimate of drug-likeness (QED) is 0.644. The third kappa shape index (κ3) is 5.00. The molecule has 0 spiro atoms. The molecule has 1 saturated carbocycles. The van der Waals surface area contributed by atoms with Crippen LogP contribution in [0.25, 0.3) is 0 Å².